The third-order valence-corrected chi connectivity index (χ3v) is 2.39. The van der Waals surface area contributed by atoms with Crippen LogP contribution in [0.25, 0.3) is 0 Å². The summed E-state index contributed by atoms with van der Waals surface area (Å²) < 4.78 is 0. The molecular weight excluding hydrogens is 218 g/mol. The lowest BCUT2D eigenvalue weighted by molar-refractivity contribution is -0.131. The summed E-state index contributed by atoms with van der Waals surface area (Å²) in [5.74, 6) is -1.55. The van der Waals surface area contributed by atoms with E-state index >= 15 is 0 Å². The SMILES string of the molecule is Cc1ccccc1[C@@H](C)NC(=O)/C=C/C(=O)O. The van der Waals surface area contributed by atoms with Crippen molar-refractivity contribution in [3.63, 3.8) is 0 Å². The van der Waals surface area contributed by atoms with E-state index in [1.165, 1.54) is 0 Å². The summed E-state index contributed by atoms with van der Waals surface area (Å²) in [5.41, 5.74) is 2.10. The lowest BCUT2D eigenvalue weighted by Gasteiger charge is -2.15. The molecule has 1 aromatic rings. The van der Waals surface area contributed by atoms with Gasteiger partial charge in [-0.1, -0.05) is 24.3 Å². The molecule has 0 bridgehead atoms. The van der Waals surface area contributed by atoms with Gasteiger partial charge in [0.05, 0.1) is 6.04 Å². The van der Waals surface area contributed by atoms with Crippen LogP contribution in [0.3, 0.4) is 0 Å². The van der Waals surface area contributed by atoms with Crippen molar-refractivity contribution in [3.05, 3.63) is 47.5 Å². The van der Waals surface area contributed by atoms with Gasteiger partial charge in [0.1, 0.15) is 0 Å². The normalized spacial score (nSPS) is 12.4. The van der Waals surface area contributed by atoms with Gasteiger partial charge in [0.25, 0.3) is 0 Å². The minimum atomic E-state index is -1.14. The predicted octanol–water partition coefficient (Wildman–Crippen LogP) is 1.81. The van der Waals surface area contributed by atoms with Gasteiger partial charge < -0.3 is 10.4 Å². The summed E-state index contributed by atoms with van der Waals surface area (Å²) in [5, 5.41) is 11.1. The van der Waals surface area contributed by atoms with Crippen LogP contribution < -0.4 is 5.32 Å². The van der Waals surface area contributed by atoms with Crippen LogP contribution in [0.5, 0.6) is 0 Å². The minimum absolute atomic E-state index is 0.151. The molecule has 2 N–H and O–H groups in total. The van der Waals surface area contributed by atoms with Crippen LogP contribution in [0.1, 0.15) is 24.1 Å². The first kappa shape index (κ1) is 13.0. The molecule has 0 aromatic heterocycles. The van der Waals surface area contributed by atoms with Gasteiger partial charge >= 0.3 is 5.97 Å². The Balaban J connectivity index is 2.67. The number of hydrogen-bond acceptors (Lipinski definition) is 2. The maximum absolute atomic E-state index is 11.4. The molecule has 17 heavy (non-hydrogen) atoms. The summed E-state index contributed by atoms with van der Waals surface area (Å²) in [6.07, 6.45) is 1.83. The predicted molar refractivity (Wildman–Crippen MR) is 64.5 cm³/mol. The van der Waals surface area contributed by atoms with Gasteiger partial charge in [-0.25, -0.2) is 4.79 Å². The highest BCUT2D eigenvalue weighted by atomic mass is 16.4. The Morgan fingerprint density at radius 1 is 1.29 bits per heavy atom. The second-order valence-electron chi connectivity index (χ2n) is 3.76. The van der Waals surface area contributed by atoms with E-state index in [0.717, 1.165) is 23.3 Å². The Labute approximate surface area is 100.0 Å². The van der Waals surface area contributed by atoms with Crippen molar-refractivity contribution >= 4 is 11.9 Å². The van der Waals surface area contributed by atoms with Crippen LogP contribution in [0, 0.1) is 6.92 Å². The zero-order valence-electron chi connectivity index (χ0n) is 9.81. The second kappa shape index (κ2) is 5.84. The van der Waals surface area contributed by atoms with Gasteiger partial charge in [0.15, 0.2) is 0 Å². The Kier molecular flexibility index (Phi) is 4.46. The summed E-state index contributed by atoms with van der Waals surface area (Å²) in [4.78, 5) is 21.6. The number of amides is 1. The molecule has 1 aromatic carbocycles. The van der Waals surface area contributed by atoms with E-state index in [9.17, 15) is 9.59 Å². The van der Waals surface area contributed by atoms with E-state index in [4.69, 9.17) is 5.11 Å². The average molecular weight is 233 g/mol. The molecule has 1 atom stereocenters. The van der Waals surface area contributed by atoms with Gasteiger partial charge in [-0.15, -0.1) is 0 Å². The Hall–Kier alpha value is -2.10. The number of benzene rings is 1. The molecule has 0 unspecified atom stereocenters. The summed E-state index contributed by atoms with van der Waals surface area (Å²) in [6, 6.07) is 7.57. The van der Waals surface area contributed by atoms with Crippen molar-refractivity contribution in [2.75, 3.05) is 0 Å². The van der Waals surface area contributed by atoms with E-state index in [-0.39, 0.29) is 6.04 Å². The molecule has 4 nitrogen and oxygen atoms in total. The van der Waals surface area contributed by atoms with Crippen molar-refractivity contribution in [1.29, 1.82) is 0 Å². The number of aliphatic carboxylic acids is 1. The summed E-state index contributed by atoms with van der Waals surface area (Å²) in [7, 11) is 0. The Morgan fingerprint density at radius 2 is 1.94 bits per heavy atom. The van der Waals surface area contributed by atoms with Crippen molar-refractivity contribution in [3.8, 4) is 0 Å². The van der Waals surface area contributed by atoms with Gasteiger partial charge in [-0.05, 0) is 25.0 Å². The number of rotatable bonds is 4. The lowest BCUT2D eigenvalue weighted by atomic mass is 10.0. The highest BCUT2D eigenvalue weighted by molar-refractivity contribution is 5.94. The fourth-order valence-electron chi connectivity index (χ4n) is 1.56. The largest absolute Gasteiger partial charge is 0.478 e. The van der Waals surface area contributed by atoms with Crippen molar-refractivity contribution in [2.24, 2.45) is 0 Å². The van der Waals surface area contributed by atoms with Gasteiger partial charge in [0, 0.05) is 12.2 Å². The fourth-order valence-corrected chi connectivity index (χ4v) is 1.56. The lowest BCUT2D eigenvalue weighted by Crippen LogP contribution is -2.25. The van der Waals surface area contributed by atoms with Crippen LogP contribution in [0.15, 0.2) is 36.4 Å². The molecule has 0 heterocycles. The molecule has 4 heteroatoms. The number of carboxylic acids is 1. The molecule has 1 rings (SSSR count). The van der Waals surface area contributed by atoms with E-state index in [1.807, 2.05) is 38.1 Å². The Bertz CT molecular complexity index is 452. The van der Waals surface area contributed by atoms with Crippen LogP contribution in [0.4, 0.5) is 0 Å². The standard InChI is InChI=1S/C13H15NO3/c1-9-5-3-4-6-11(9)10(2)14-12(15)7-8-13(16)17/h3-8,10H,1-2H3,(H,14,15)(H,16,17)/b8-7+/t10-/m1/s1. The number of hydrogen-bond donors (Lipinski definition) is 2. The van der Waals surface area contributed by atoms with Crippen LogP contribution >= 0.6 is 0 Å². The zero-order valence-corrected chi connectivity index (χ0v) is 9.81. The fraction of sp³-hybridized carbons (Fsp3) is 0.231. The minimum Gasteiger partial charge on any atom is -0.478 e. The molecule has 0 saturated heterocycles. The highest BCUT2D eigenvalue weighted by Gasteiger charge is 2.09. The monoisotopic (exact) mass is 233 g/mol. The first-order valence-corrected chi connectivity index (χ1v) is 5.27. The van der Waals surface area contributed by atoms with Crippen molar-refractivity contribution < 1.29 is 14.7 Å². The third kappa shape index (κ3) is 4.10. The second-order valence-corrected chi connectivity index (χ2v) is 3.76. The average Bonchev–Trinajstić information content (AvgIpc) is 2.26. The number of carbonyl (C=O) groups excluding carboxylic acids is 1. The molecular formula is C13H15NO3. The van der Waals surface area contributed by atoms with Gasteiger partial charge in [0.2, 0.25) is 5.91 Å². The van der Waals surface area contributed by atoms with Gasteiger partial charge in [-0.2, -0.15) is 0 Å². The van der Waals surface area contributed by atoms with Crippen molar-refractivity contribution in [1.82, 2.24) is 5.32 Å². The summed E-state index contributed by atoms with van der Waals surface area (Å²) in [6.45, 7) is 3.82. The quantitative estimate of drug-likeness (QED) is 0.779. The van der Waals surface area contributed by atoms with Crippen LogP contribution in [-0.2, 0) is 9.59 Å². The smallest absolute Gasteiger partial charge is 0.328 e. The maximum Gasteiger partial charge on any atom is 0.328 e. The van der Waals surface area contributed by atoms with Crippen LogP contribution in [0.2, 0.25) is 0 Å². The van der Waals surface area contributed by atoms with Crippen molar-refractivity contribution in [2.45, 2.75) is 19.9 Å². The first-order valence-electron chi connectivity index (χ1n) is 5.27. The van der Waals surface area contributed by atoms with E-state index in [0.29, 0.717) is 0 Å². The van der Waals surface area contributed by atoms with Crippen LogP contribution in [-0.4, -0.2) is 17.0 Å². The third-order valence-electron chi connectivity index (χ3n) is 2.39. The number of carboxylic acid groups (broad SMARTS) is 1. The van der Waals surface area contributed by atoms with Gasteiger partial charge in [-0.3, -0.25) is 4.79 Å². The molecule has 0 fully saturated rings. The molecule has 0 spiro atoms. The number of carbonyl (C=O) groups is 2. The molecule has 0 aliphatic rings. The molecule has 0 aliphatic heterocycles. The number of aryl methyl sites for hydroxylation is 1. The number of nitrogens with one attached hydrogen (secondary N) is 1. The zero-order chi connectivity index (χ0) is 12.8. The topological polar surface area (TPSA) is 66.4 Å². The molecule has 0 aliphatic carbocycles. The highest BCUT2D eigenvalue weighted by Crippen LogP contribution is 2.16. The molecule has 0 saturated carbocycles. The van der Waals surface area contributed by atoms with E-state index in [1.54, 1.807) is 0 Å². The summed E-state index contributed by atoms with van der Waals surface area (Å²) >= 11 is 0. The maximum atomic E-state index is 11.4. The van der Waals surface area contributed by atoms with E-state index < -0.39 is 11.9 Å². The first-order chi connectivity index (χ1) is 8.00. The molecule has 90 valence electrons. The molecule has 0 radical (unpaired) electrons. The van der Waals surface area contributed by atoms with E-state index in [2.05, 4.69) is 5.32 Å². The molecule has 1 amide bonds. The Morgan fingerprint density at radius 3 is 2.53 bits per heavy atom.